The number of likely N-dealkylation sites (tertiary alicyclic amines) is 1. The molecular weight excluding hydrogens is 258 g/mol. The molecule has 0 atom stereocenters. The maximum atomic E-state index is 12.1. The second-order valence-electron chi connectivity index (χ2n) is 5.51. The quantitative estimate of drug-likeness (QED) is 0.674. The lowest BCUT2D eigenvalue weighted by atomic mass is 10.1. The number of rotatable bonds is 2. The summed E-state index contributed by atoms with van der Waals surface area (Å²) in [7, 11) is 0. The molecule has 6 heteroatoms. The van der Waals surface area contributed by atoms with Crippen LogP contribution in [0.5, 0.6) is 0 Å². The second-order valence-corrected chi connectivity index (χ2v) is 5.51. The highest BCUT2D eigenvalue weighted by Crippen LogP contribution is 2.11. The van der Waals surface area contributed by atoms with Gasteiger partial charge in [0.1, 0.15) is 6.42 Å². The van der Waals surface area contributed by atoms with Crippen LogP contribution in [0.4, 0.5) is 0 Å². The average molecular weight is 281 g/mol. The minimum Gasteiger partial charge on any atom is -0.342 e. The van der Waals surface area contributed by atoms with Crippen LogP contribution in [0.15, 0.2) is 0 Å². The van der Waals surface area contributed by atoms with E-state index in [0.717, 1.165) is 25.9 Å². The highest BCUT2D eigenvalue weighted by molar-refractivity contribution is 5.97. The lowest BCUT2D eigenvalue weighted by Gasteiger charge is -2.34. The first-order chi connectivity index (χ1) is 9.58. The topological polar surface area (TPSA) is 60.9 Å². The van der Waals surface area contributed by atoms with Gasteiger partial charge in [0.25, 0.3) is 0 Å². The van der Waals surface area contributed by atoms with Crippen LogP contribution in [0.25, 0.3) is 0 Å². The van der Waals surface area contributed by atoms with Gasteiger partial charge < -0.3 is 14.7 Å². The van der Waals surface area contributed by atoms with Crippen LogP contribution in [0.2, 0.25) is 0 Å². The molecule has 2 fully saturated rings. The van der Waals surface area contributed by atoms with Crippen molar-refractivity contribution >= 4 is 17.7 Å². The molecule has 20 heavy (non-hydrogen) atoms. The van der Waals surface area contributed by atoms with E-state index >= 15 is 0 Å². The van der Waals surface area contributed by atoms with E-state index in [1.54, 1.807) is 14.7 Å². The van der Waals surface area contributed by atoms with E-state index in [0.29, 0.717) is 26.2 Å². The van der Waals surface area contributed by atoms with Gasteiger partial charge in [-0.2, -0.15) is 0 Å². The molecule has 0 unspecified atom stereocenters. The SMILES string of the molecule is CC(=O)N1CCN(C(=O)CC(=O)N2CCCCC2)CC1. The highest BCUT2D eigenvalue weighted by Gasteiger charge is 2.26. The van der Waals surface area contributed by atoms with Crippen molar-refractivity contribution in [2.75, 3.05) is 39.3 Å². The van der Waals surface area contributed by atoms with Gasteiger partial charge in [-0.25, -0.2) is 0 Å². The molecule has 0 aromatic rings. The van der Waals surface area contributed by atoms with E-state index in [1.807, 2.05) is 0 Å². The molecule has 0 saturated carbocycles. The molecule has 2 aliphatic heterocycles. The standard InChI is InChI=1S/C14H23N3O3/c1-12(18)15-7-9-17(10-8-15)14(20)11-13(19)16-5-3-2-4-6-16/h2-11H2,1H3. The molecule has 2 saturated heterocycles. The van der Waals surface area contributed by atoms with E-state index in [1.165, 1.54) is 13.3 Å². The first-order valence-corrected chi connectivity index (χ1v) is 7.39. The van der Waals surface area contributed by atoms with Crippen LogP contribution < -0.4 is 0 Å². The van der Waals surface area contributed by atoms with Gasteiger partial charge in [0.05, 0.1) is 0 Å². The zero-order valence-electron chi connectivity index (χ0n) is 12.1. The molecule has 0 N–H and O–H groups in total. The van der Waals surface area contributed by atoms with Crippen molar-refractivity contribution in [3.05, 3.63) is 0 Å². The molecule has 2 heterocycles. The van der Waals surface area contributed by atoms with E-state index in [9.17, 15) is 14.4 Å². The number of hydrogen-bond acceptors (Lipinski definition) is 3. The highest BCUT2D eigenvalue weighted by atomic mass is 16.2. The largest absolute Gasteiger partial charge is 0.342 e. The van der Waals surface area contributed by atoms with E-state index in [-0.39, 0.29) is 24.1 Å². The van der Waals surface area contributed by atoms with Crippen molar-refractivity contribution in [1.82, 2.24) is 14.7 Å². The van der Waals surface area contributed by atoms with Crippen molar-refractivity contribution in [2.24, 2.45) is 0 Å². The van der Waals surface area contributed by atoms with Gasteiger partial charge in [0, 0.05) is 46.2 Å². The van der Waals surface area contributed by atoms with Crippen molar-refractivity contribution in [3.8, 4) is 0 Å². The van der Waals surface area contributed by atoms with Crippen LogP contribution in [-0.4, -0.2) is 71.7 Å². The summed E-state index contributed by atoms with van der Waals surface area (Å²) in [4.78, 5) is 40.6. The van der Waals surface area contributed by atoms with Gasteiger partial charge in [-0.1, -0.05) is 0 Å². The molecule has 6 nitrogen and oxygen atoms in total. The Morgan fingerprint density at radius 2 is 1.15 bits per heavy atom. The van der Waals surface area contributed by atoms with Crippen molar-refractivity contribution in [2.45, 2.75) is 32.6 Å². The second kappa shape index (κ2) is 6.72. The van der Waals surface area contributed by atoms with Crippen molar-refractivity contribution < 1.29 is 14.4 Å². The third-order valence-electron chi connectivity index (χ3n) is 4.09. The predicted molar refractivity (Wildman–Crippen MR) is 73.9 cm³/mol. The Morgan fingerprint density at radius 1 is 0.700 bits per heavy atom. The number of carbonyl (C=O) groups is 3. The van der Waals surface area contributed by atoms with Crippen LogP contribution in [0, 0.1) is 0 Å². The molecule has 0 spiro atoms. The van der Waals surface area contributed by atoms with Gasteiger partial charge in [0.15, 0.2) is 0 Å². The molecule has 0 radical (unpaired) electrons. The average Bonchev–Trinajstić information content (AvgIpc) is 2.48. The summed E-state index contributed by atoms with van der Waals surface area (Å²) in [6.07, 6.45) is 3.22. The Bertz CT molecular complexity index is 383. The summed E-state index contributed by atoms with van der Waals surface area (Å²) < 4.78 is 0. The molecule has 0 aromatic carbocycles. The summed E-state index contributed by atoms with van der Waals surface area (Å²) in [6, 6.07) is 0. The fraction of sp³-hybridized carbons (Fsp3) is 0.786. The van der Waals surface area contributed by atoms with Gasteiger partial charge in [-0.15, -0.1) is 0 Å². The Labute approximate surface area is 119 Å². The van der Waals surface area contributed by atoms with Crippen LogP contribution in [0.3, 0.4) is 0 Å². The van der Waals surface area contributed by atoms with E-state index < -0.39 is 0 Å². The maximum Gasteiger partial charge on any atom is 0.232 e. The molecule has 0 aliphatic carbocycles. The van der Waals surface area contributed by atoms with Crippen molar-refractivity contribution in [3.63, 3.8) is 0 Å². The Morgan fingerprint density at radius 3 is 1.65 bits per heavy atom. The first-order valence-electron chi connectivity index (χ1n) is 7.39. The van der Waals surface area contributed by atoms with Crippen LogP contribution >= 0.6 is 0 Å². The van der Waals surface area contributed by atoms with Crippen LogP contribution in [0.1, 0.15) is 32.6 Å². The minimum absolute atomic E-state index is 0.0277. The summed E-state index contributed by atoms with van der Waals surface area (Å²) in [6.45, 7) is 5.31. The Balaban J connectivity index is 1.77. The molecule has 2 aliphatic rings. The van der Waals surface area contributed by atoms with Crippen molar-refractivity contribution in [1.29, 1.82) is 0 Å². The Kier molecular flexibility index (Phi) is 4.98. The van der Waals surface area contributed by atoms with E-state index in [4.69, 9.17) is 0 Å². The van der Waals surface area contributed by atoms with Gasteiger partial charge in [-0.05, 0) is 19.3 Å². The van der Waals surface area contributed by atoms with Gasteiger partial charge in [0.2, 0.25) is 17.7 Å². The molecule has 0 bridgehead atoms. The number of piperazine rings is 1. The molecule has 112 valence electrons. The normalized spacial score (nSPS) is 19.9. The summed E-state index contributed by atoms with van der Waals surface area (Å²) in [5, 5.41) is 0. The zero-order valence-corrected chi connectivity index (χ0v) is 12.1. The number of nitrogens with zero attached hydrogens (tertiary/aromatic N) is 3. The maximum absolute atomic E-state index is 12.1. The smallest absolute Gasteiger partial charge is 0.232 e. The zero-order chi connectivity index (χ0) is 14.5. The lowest BCUT2D eigenvalue weighted by molar-refractivity contribution is -0.144. The fourth-order valence-electron chi connectivity index (χ4n) is 2.77. The number of piperidine rings is 1. The van der Waals surface area contributed by atoms with Gasteiger partial charge >= 0.3 is 0 Å². The summed E-state index contributed by atoms with van der Waals surface area (Å²) in [5.41, 5.74) is 0. The number of amides is 3. The molecule has 3 amide bonds. The molecular formula is C14H23N3O3. The first kappa shape index (κ1) is 14.8. The van der Waals surface area contributed by atoms with E-state index in [2.05, 4.69) is 0 Å². The third kappa shape index (κ3) is 3.71. The summed E-state index contributed by atoms with van der Waals surface area (Å²) >= 11 is 0. The summed E-state index contributed by atoms with van der Waals surface area (Å²) in [5.74, 6) is -0.117. The van der Waals surface area contributed by atoms with Crippen LogP contribution in [-0.2, 0) is 14.4 Å². The Hall–Kier alpha value is -1.59. The predicted octanol–water partition coefficient (Wildman–Crippen LogP) is 0.0797. The fourth-order valence-corrected chi connectivity index (χ4v) is 2.77. The molecule has 0 aromatic heterocycles. The number of hydrogen-bond donors (Lipinski definition) is 0. The minimum atomic E-state index is -0.108. The number of carbonyl (C=O) groups excluding carboxylic acids is 3. The molecule has 2 rings (SSSR count). The third-order valence-corrected chi connectivity index (χ3v) is 4.09. The monoisotopic (exact) mass is 281 g/mol. The van der Waals surface area contributed by atoms with Gasteiger partial charge in [-0.3, -0.25) is 14.4 Å². The lowest BCUT2D eigenvalue weighted by Crippen LogP contribution is -2.51.